The number of halogens is 1. The Hall–Kier alpha value is -0.640. The summed E-state index contributed by atoms with van der Waals surface area (Å²) < 4.78 is 0. The molecule has 4 heteroatoms. The number of nitrogens with zero attached hydrogens (tertiary/aromatic N) is 3. The number of alkyl halides is 1. The number of fused-ring (bicyclic) bond motifs is 1. The van der Waals surface area contributed by atoms with Crippen molar-refractivity contribution < 1.29 is 0 Å². The molecule has 0 N–H and O–H groups in total. The lowest BCUT2D eigenvalue weighted by molar-refractivity contribution is 0.587. The number of hydrogen-bond donors (Lipinski definition) is 0. The maximum absolute atomic E-state index is 4.59. The molecule has 3 nitrogen and oxygen atoms in total. The van der Waals surface area contributed by atoms with E-state index in [2.05, 4.69) is 30.8 Å². The summed E-state index contributed by atoms with van der Waals surface area (Å²) in [4.78, 5) is 12.2. The van der Waals surface area contributed by atoms with Gasteiger partial charge in [-0.3, -0.25) is 0 Å². The SMILES string of the molecule is BrC1CCCN(c2ncnc3c2CCCCC3)C1. The van der Waals surface area contributed by atoms with Gasteiger partial charge in [0.15, 0.2) is 0 Å². The van der Waals surface area contributed by atoms with Gasteiger partial charge >= 0.3 is 0 Å². The molecule has 3 rings (SSSR count). The Kier molecular flexibility index (Phi) is 3.83. The minimum Gasteiger partial charge on any atom is -0.355 e. The molecule has 18 heavy (non-hydrogen) atoms. The molecule has 1 saturated heterocycles. The van der Waals surface area contributed by atoms with Crippen molar-refractivity contribution in [2.75, 3.05) is 18.0 Å². The van der Waals surface area contributed by atoms with Gasteiger partial charge in [-0.2, -0.15) is 0 Å². The molecule has 1 atom stereocenters. The monoisotopic (exact) mass is 309 g/mol. The van der Waals surface area contributed by atoms with Gasteiger partial charge in [0.05, 0.1) is 0 Å². The Morgan fingerprint density at radius 2 is 2.00 bits per heavy atom. The Balaban J connectivity index is 1.91. The molecule has 1 aromatic heterocycles. The van der Waals surface area contributed by atoms with E-state index in [1.165, 1.54) is 49.2 Å². The number of anilines is 1. The largest absolute Gasteiger partial charge is 0.355 e. The molecular formula is C14H20BrN3. The van der Waals surface area contributed by atoms with Crippen molar-refractivity contribution in [3.8, 4) is 0 Å². The summed E-state index contributed by atoms with van der Waals surface area (Å²) in [6.45, 7) is 2.23. The summed E-state index contributed by atoms with van der Waals surface area (Å²) >= 11 is 3.75. The average Bonchev–Trinajstić information content (AvgIpc) is 2.63. The summed E-state index contributed by atoms with van der Waals surface area (Å²) in [7, 11) is 0. The Morgan fingerprint density at radius 1 is 1.11 bits per heavy atom. The van der Waals surface area contributed by atoms with Gasteiger partial charge in [-0.1, -0.05) is 22.4 Å². The zero-order valence-electron chi connectivity index (χ0n) is 10.7. The minimum absolute atomic E-state index is 0.614. The molecule has 1 fully saturated rings. The van der Waals surface area contributed by atoms with Gasteiger partial charge in [-0.05, 0) is 38.5 Å². The van der Waals surface area contributed by atoms with Crippen LogP contribution in [0.1, 0.15) is 43.4 Å². The topological polar surface area (TPSA) is 29.0 Å². The molecule has 0 aromatic carbocycles. The zero-order valence-corrected chi connectivity index (χ0v) is 12.3. The fourth-order valence-electron chi connectivity index (χ4n) is 3.07. The molecule has 1 aliphatic heterocycles. The first-order valence-corrected chi connectivity index (χ1v) is 7.98. The van der Waals surface area contributed by atoms with Crippen molar-refractivity contribution in [3.05, 3.63) is 17.6 Å². The number of piperidine rings is 1. The van der Waals surface area contributed by atoms with E-state index in [1.807, 2.05) is 0 Å². The predicted molar refractivity (Wildman–Crippen MR) is 77.5 cm³/mol. The van der Waals surface area contributed by atoms with Gasteiger partial charge in [0.1, 0.15) is 12.1 Å². The van der Waals surface area contributed by atoms with Crippen molar-refractivity contribution in [2.45, 2.75) is 49.8 Å². The number of aromatic nitrogens is 2. The summed E-state index contributed by atoms with van der Waals surface area (Å²) in [6.07, 6.45) is 10.5. The molecule has 98 valence electrons. The van der Waals surface area contributed by atoms with E-state index in [4.69, 9.17) is 0 Å². The molecule has 1 aromatic rings. The molecule has 0 radical (unpaired) electrons. The van der Waals surface area contributed by atoms with Crippen LogP contribution in [0.3, 0.4) is 0 Å². The second kappa shape index (κ2) is 5.55. The van der Waals surface area contributed by atoms with Crippen molar-refractivity contribution in [1.29, 1.82) is 0 Å². The van der Waals surface area contributed by atoms with Crippen molar-refractivity contribution >= 4 is 21.7 Å². The number of hydrogen-bond acceptors (Lipinski definition) is 3. The molecule has 1 aliphatic carbocycles. The number of rotatable bonds is 1. The van der Waals surface area contributed by atoms with E-state index >= 15 is 0 Å². The first kappa shape index (κ1) is 12.4. The third-order valence-electron chi connectivity index (χ3n) is 4.02. The lowest BCUT2D eigenvalue weighted by Gasteiger charge is -2.32. The fraction of sp³-hybridized carbons (Fsp3) is 0.714. The summed E-state index contributed by atoms with van der Waals surface area (Å²) in [6, 6.07) is 0. The molecule has 1 unspecified atom stereocenters. The Labute approximate surface area is 117 Å². The third-order valence-corrected chi connectivity index (χ3v) is 4.76. The van der Waals surface area contributed by atoms with Gasteiger partial charge in [0.25, 0.3) is 0 Å². The highest BCUT2D eigenvalue weighted by atomic mass is 79.9. The van der Waals surface area contributed by atoms with Crippen LogP contribution in [0.2, 0.25) is 0 Å². The minimum atomic E-state index is 0.614. The smallest absolute Gasteiger partial charge is 0.135 e. The van der Waals surface area contributed by atoms with Gasteiger partial charge in [-0.25, -0.2) is 9.97 Å². The molecule has 2 heterocycles. The fourth-order valence-corrected chi connectivity index (χ4v) is 3.74. The van der Waals surface area contributed by atoms with Gasteiger partial charge in [0, 0.05) is 29.2 Å². The van der Waals surface area contributed by atoms with Crippen molar-refractivity contribution in [3.63, 3.8) is 0 Å². The van der Waals surface area contributed by atoms with E-state index in [-0.39, 0.29) is 0 Å². The maximum Gasteiger partial charge on any atom is 0.135 e. The first-order chi connectivity index (χ1) is 8.84. The van der Waals surface area contributed by atoms with Crippen LogP contribution in [0.15, 0.2) is 6.33 Å². The van der Waals surface area contributed by atoms with Crippen LogP contribution in [-0.2, 0) is 12.8 Å². The van der Waals surface area contributed by atoms with Crippen LogP contribution >= 0.6 is 15.9 Å². The molecule has 2 aliphatic rings. The second-order valence-electron chi connectivity index (χ2n) is 5.37. The Morgan fingerprint density at radius 3 is 2.89 bits per heavy atom. The van der Waals surface area contributed by atoms with Gasteiger partial charge in [-0.15, -0.1) is 0 Å². The molecule has 0 bridgehead atoms. The van der Waals surface area contributed by atoms with E-state index in [0.29, 0.717) is 4.83 Å². The van der Waals surface area contributed by atoms with E-state index in [0.717, 1.165) is 25.9 Å². The lowest BCUT2D eigenvalue weighted by atomic mass is 10.1. The van der Waals surface area contributed by atoms with E-state index in [9.17, 15) is 0 Å². The molecular weight excluding hydrogens is 290 g/mol. The highest BCUT2D eigenvalue weighted by Crippen LogP contribution is 2.29. The predicted octanol–water partition coefficient (Wildman–Crippen LogP) is 3.11. The normalized spacial score (nSPS) is 24.5. The summed E-state index contributed by atoms with van der Waals surface area (Å²) in [5, 5.41) is 0. The van der Waals surface area contributed by atoms with E-state index in [1.54, 1.807) is 6.33 Å². The average molecular weight is 310 g/mol. The number of aryl methyl sites for hydroxylation is 1. The summed E-state index contributed by atoms with van der Waals surface area (Å²) in [5.41, 5.74) is 2.73. The first-order valence-electron chi connectivity index (χ1n) is 7.06. The van der Waals surface area contributed by atoms with Gasteiger partial charge < -0.3 is 4.90 Å². The van der Waals surface area contributed by atoms with E-state index < -0.39 is 0 Å². The Bertz CT molecular complexity index is 422. The van der Waals surface area contributed by atoms with Crippen LogP contribution in [0.25, 0.3) is 0 Å². The molecule has 0 saturated carbocycles. The highest BCUT2D eigenvalue weighted by Gasteiger charge is 2.23. The second-order valence-corrected chi connectivity index (χ2v) is 6.66. The maximum atomic E-state index is 4.59. The molecule has 0 spiro atoms. The van der Waals surface area contributed by atoms with Crippen LogP contribution < -0.4 is 4.90 Å². The van der Waals surface area contributed by atoms with Gasteiger partial charge in [0.2, 0.25) is 0 Å². The quantitative estimate of drug-likeness (QED) is 0.589. The van der Waals surface area contributed by atoms with Crippen LogP contribution in [-0.4, -0.2) is 27.9 Å². The summed E-state index contributed by atoms with van der Waals surface area (Å²) in [5.74, 6) is 1.21. The third kappa shape index (κ3) is 2.53. The van der Waals surface area contributed by atoms with Crippen molar-refractivity contribution in [2.24, 2.45) is 0 Å². The molecule has 0 amide bonds. The standard InChI is InChI=1S/C14H20BrN3/c15-11-5-4-8-18(9-11)14-12-6-2-1-3-7-13(12)16-10-17-14/h10-11H,1-9H2. The zero-order chi connectivity index (χ0) is 12.4. The lowest BCUT2D eigenvalue weighted by Crippen LogP contribution is -2.37. The van der Waals surface area contributed by atoms with Crippen LogP contribution in [0, 0.1) is 0 Å². The van der Waals surface area contributed by atoms with Crippen molar-refractivity contribution in [1.82, 2.24) is 9.97 Å². The van der Waals surface area contributed by atoms with Crippen LogP contribution in [0.4, 0.5) is 5.82 Å². The van der Waals surface area contributed by atoms with Crippen LogP contribution in [0.5, 0.6) is 0 Å². The highest BCUT2D eigenvalue weighted by molar-refractivity contribution is 9.09.